The summed E-state index contributed by atoms with van der Waals surface area (Å²) in [5, 5.41) is 0.660. The Bertz CT molecular complexity index is 537. The molecule has 18 heavy (non-hydrogen) atoms. The predicted molar refractivity (Wildman–Crippen MR) is 64.8 cm³/mol. The molecule has 0 aliphatic rings. The van der Waals surface area contributed by atoms with Gasteiger partial charge in [0.25, 0.3) is 0 Å². The first kappa shape index (κ1) is 13.3. The van der Waals surface area contributed by atoms with E-state index in [2.05, 4.69) is 0 Å². The fraction of sp³-hybridized carbons (Fsp3) is 0. The van der Waals surface area contributed by atoms with E-state index >= 15 is 0 Å². The lowest BCUT2D eigenvalue weighted by atomic mass is 10.3. The lowest BCUT2D eigenvalue weighted by molar-refractivity contribution is 0.509. The summed E-state index contributed by atoms with van der Waals surface area (Å²) in [6.07, 6.45) is 0. The number of halogens is 5. The van der Waals surface area contributed by atoms with Gasteiger partial charge in [-0.05, 0) is 47.0 Å². The number of hydrogen-bond acceptors (Lipinski definition) is 0. The predicted octanol–water partition coefficient (Wildman–Crippen LogP) is 3.83. The van der Waals surface area contributed by atoms with Crippen LogP contribution >= 0.6 is 18.5 Å². The fourth-order valence-electron chi connectivity index (χ4n) is 1.36. The van der Waals surface area contributed by atoms with Crippen molar-refractivity contribution in [1.29, 1.82) is 0 Å². The van der Waals surface area contributed by atoms with Gasteiger partial charge in [0.15, 0.2) is 23.3 Å². The van der Waals surface area contributed by atoms with Gasteiger partial charge in [-0.25, -0.2) is 17.6 Å². The third-order valence-electron chi connectivity index (χ3n) is 2.26. The molecule has 0 unspecified atom stereocenters. The third kappa shape index (κ3) is 2.65. The Morgan fingerprint density at radius 1 is 0.667 bits per heavy atom. The van der Waals surface area contributed by atoms with Crippen LogP contribution in [0, 0.1) is 23.3 Å². The Morgan fingerprint density at radius 3 is 1.39 bits per heavy atom. The quantitative estimate of drug-likeness (QED) is 0.583. The van der Waals surface area contributed by atoms with Gasteiger partial charge >= 0.3 is 0 Å². The smallest absolute Gasteiger partial charge is 0.159 e. The molecule has 0 nitrogen and oxygen atoms in total. The average Bonchev–Trinajstić information content (AvgIpc) is 2.35. The molecule has 0 N–H and O–H groups in total. The Labute approximate surface area is 107 Å². The normalized spacial score (nSPS) is 11.0. The van der Waals surface area contributed by atoms with E-state index in [4.69, 9.17) is 11.2 Å². The molecule has 0 saturated heterocycles. The summed E-state index contributed by atoms with van der Waals surface area (Å²) in [6.45, 7) is 0. The zero-order chi connectivity index (χ0) is 13.3. The van der Waals surface area contributed by atoms with Gasteiger partial charge in [-0.15, -0.1) is 0 Å². The average molecular weight is 293 g/mol. The number of benzene rings is 2. The second kappa shape index (κ2) is 5.25. The van der Waals surface area contributed by atoms with Crippen molar-refractivity contribution in [2.75, 3.05) is 0 Å². The largest absolute Gasteiger partial charge is 0.204 e. The zero-order valence-electron chi connectivity index (χ0n) is 8.80. The lowest BCUT2D eigenvalue weighted by Crippen LogP contribution is -2.10. The highest BCUT2D eigenvalue weighted by molar-refractivity contribution is 7.95. The summed E-state index contributed by atoms with van der Waals surface area (Å²) in [5.41, 5.74) is 0. The van der Waals surface area contributed by atoms with E-state index in [1.54, 1.807) is 0 Å². The maximum atomic E-state index is 13.0. The van der Waals surface area contributed by atoms with E-state index < -0.39 is 30.5 Å². The van der Waals surface area contributed by atoms with Gasteiger partial charge in [0.1, 0.15) is 0 Å². The molecular formula is C12H6ClF4P. The maximum Gasteiger partial charge on any atom is 0.159 e. The summed E-state index contributed by atoms with van der Waals surface area (Å²) < 4.78 is 51.6. The SMILES string of the molecule is Fc1ccc(P(Cl)c2ccc(F)c(F)c2)cc1F. The van der Waals surface area contributed by atoms with E-state index in [0.717, 1.165) is 24.3 Å². The van der Waals surface area contributed by atoms with Crippen molar-refractivity contribution >= 4 is 29.1 Å². The van der Waals surface area contributed by atoms with Crippen molar-refractivity contribution in [3.05, 3.63) is 59.7 Å². The van der Waals surface area contributed by atoms with E-state index in [1.165, 1.54) is 12.1 Å². The second-order valence-corrected chi connectivity index (χ2v) is 6.09. The summed E-state index contributed by atoms with van der Waals surface area (Å²) in [4.78, 5) is 0. The van der Waals surface area contributed by atoms with Gasteiger partial charge in [-0.3, -0.25) is 0 Å². The molecule has 94 valence electrons. The Balaban J connectivity index is 2.37. The summed E-state index contributed by atoms with van der Waals surface area (Å²) in [6, 6.07) is 6.44. The molecule has 0 aromatic heterocycles. The molecule has 0 fully saturated rings. The summed E-state index contributed by atoms with van der Waals surface area (Å²) >= 11 is 6.07. The van der Waals surface area contributed by atoms with E-state index in [9.17, 15) is 17.6 Å². The van der Waals surface area contributed by atoms with Crippen molar-refractivity contribution in [3.63, 3.8) is 0 Å². The van der Waals surface area contributed by atoms with Crippen LogP contribution in [0.15, 0.2) is 36.4 Å². The van der Waals surface area contributed by atoms with E-state index in [1.807, 2.05) is 0 Å². The Hall–Kier alpha value is -1.12. The highest BCUT2D eigenvalue weighted by Gasteiger charge is 2.15. The highest BCUT2D eigenvalue weighted by atomic mass is 35.7. The van der Waals surface area contributed by atoms with Crippen LogP contribution in [-0.2, 0) is 0 Å². The molecule has 0 aliphatic heterocycles. The molecule has 0 saturated carbocycles. The molecule has 0 heterocycles. The molecule has 2 rings (SSSR count). The van der Waals surface area contributed by atoms with Gasteiger partial charge in [0.2, 0.25) is 0 Å². The van der Waals surface area contributed by atoms with Crippen LogP contribution < -0.4 is 10.6 Å². The monoisotopic (exact) mass is 292 g/mol. The van der Waals surface area contributed by atoms with Crippen molar-refractivity contribution in [2.24, 2.45) is 0 Å². The maximum absolute atomic E-state index is 13.0. The molecule has 0 bridgehead atoms. The highest BCUT2D eigenvalue weighted by Crippen LogP contribution is 2.39. The minimum absolute atomic E-state index is 0.330. The molecule has 0 radical (unpaired) electrons. The zero-order valence-corrected chi connectivity index (χ0v) is 10.5. The second-order valence-electron chi connectivity index (χ2n) is 3.48. The Morgan fingerprint density at radius 2 is 1.06 bits per heavy atom. The first-order chi connectivity index (χ1) is 8.49. The number of rotatable bonds is 2. The van der Waals surface area contributed by atoms with Crippen molar-refractivity contribution in [2.45, 2.75) is 0 Å². The van der Waals surface area contributed by atoms with Gasteiger partial charge < -0.3 is 0 Å². The molecule has 0 spiro atoms. The van der Waals surface area contributed by atoms with Crippen molar-refractivity contribution in [1.82, 2.24) is 0 Å². The molecule has 0 atom stereocenters. The molecule has 6 heteroatoms. The molecule has 2 aromatic carbocycles. The van der Waals surface area contributed by atoms with Crippen LogP contribution in [0.5, 0.6) is 0 Å². The van der Waals surface area contributed by atoms with Crippen LogP contribution in [-0.4, -0.2) is 0 Å². The first-order valence-electron chi connectivity index (χ1n) is 4.85. The van der Waals surface area contributed by atoms with Crippen LogP contribution in [0.25, 0.3) is 0 Å². The standard InChI is InChI=1S/C12H6ClF4P/c13-18(7-1-3-9(14)11(16)5-7)8-2-4-10(15)12(17)6-8/h1-6H. The lowest BCUT2D eigenvalue weighted by Gasteiger charge is -2.10. The van der Waals surface area contributed by atoms with Crippen molar-refractivity contribution < 1.29 is 17.6 Å². The van der Waals surface area contributed by atoms with E-state index in [-0.39, 0.29) is 0 Å². The third-order valence-corrected chi connectivity index (χ3v) is 4.89. The van der Waals surface area contributed by atoms with Crippen molar-refractivity contribution in [3.8, 4) is 0 Å². The van der Waals surface area contributed by atoms with Crippen LogP contribution in [0.2, 0.25) is 0 Å². The van der Waals surface area contributed by atoms with Gasteiger partial charge in [0.05, 0.1) is 7.27 Å². The Kier molecular flexibility index (Phi) is 3.88. The summed E-state index contributed by atoms with van der Waals surface area (Å²) in [5.74, 6) is -4.01. The molecule has 0 amide bonds. The van der Waals surface area contributed by atoms with Gasteiger partial charge in [-0.1, -0.05) is 11.2 Å². The van der Waals surface area contributed by atoms with Gasteiger partial charge in [0, 0.05) is 0 Å². The molecule has 0 aliphatic carbocycles. The minimum atomic E-state index is -1.57. The first-order valence-corrected chi connectivity index (χ1v) is 7.09. The van der Waals surface area contributed by atoms with Crippen LogP contribution in [0.3, 0.4) is 0 Å². The number of hydrogen-bond donors (Lipinski definition) is 0. The van der Waals surface area contributed by atoms with Gasteiger partial charge in [-0.2, -0.15) is 0 Å². The van der Waals surface area contributed by atoms with Crippen LogP contribution in [0.1, 0.15) is 0 Å². The van der Waals surface area contributed by atoms with Crippen LogP contribution in [0.4, 0.5) is 17.6 Å². The molecular weight excluding hydrogens is 287 g/mol. The molecule has 2 aromatic rings. The topological polar surface area (TPSA) is 0 Å². The summed E-state index contributed by atoms with van der Waals surface area (Å²) in [7, 11) is -1.57. The minimum Gasteiger partial charge on any atom is -0.204 e. The van der Waals surface area contributed by atoms with E-state index in [0.29, 0.717) is 10.6 Å². The fourth-order valence-corrected chi connectivity index (χ4v) is 3.16.